The molecule has 0 unspecified atom stereocenters. The molecule has 17 heavy (non-hydrogen) atoms. The molecule has 0 aromatic carbocycles. The van der Waals surface area contributed by atoms with Crippen molar-refractivity contribution in [2.24, 2.45) is 0 Å². The summed E-state index contributed by atoms with van der Waals surface area (Å²) >= 11 is 0. The van der Waals surface area contributed by atoms with Gasteiger partial charge in [0.2, 0.25) is 0 Å². The first-order valence-electron chi connectivity index (χ1n) is 5.47. The van der Waals surface area contributed by atoms with E-state index in [1.807, 2.05) is 0 Å². The van der Waals surface area contributed by atoms with Crippen LogP contribution in [0, 0.1) is 6.92 Å². The van der Waals surface area contributed by atoms with E-state index in [9.17, 15) is 13.2 Å². The van der Waals surface area contributed by atoms with Crippen molar-refractivity contribution in [2.75, 3.05) is 11.5 Å². The Morgan fingerprint density at radius 3 is 2.59 bits per heavy atom. The van der Waals surface area contributed by atoms with Gasteiger partial charge in [0.15, 0.2) is 9.84 Å². The lowest BCUT2D eigenvalue weighted by Crippen LogP contribution is -2.18. The van der Waals surface area contributed by atoms with Gasteiger partial charge in [0.1, 0.15) is 5.69 Å². The highest BCUT2D eigenvalue weighted by Crippen LogP contribution is 2.10. The minimum Gasteiger partial charge on any atom is -0.477 e. The summed E-state index contributed by atoms with van der Waals surface area (Å²) in [6.45, 7) is 3.69. The SMILES string of the molecule is CCCS(=O)(=O)CCn1ccc(C)c1C(=O)O. The normalized spacial score (nSPS) is 11.6. The number of hydrogen-bond acceptors (Lipinski definition) is 3. The van der Waals surface area contributed by atoms with Crippen LogP contribution >= 0.6 is 0 Å². The lowest BCUT2D eigenvalue weighted by atomic mass is 10.3. The molecule has 1 aromatic heterocycles. The maximum atomic E-state index is 11.5. The average molecular weight is 259 g/mol. The van der Waals surface area contributed by atoms with Gasteiger partial charge in [-0.3, -0.25) is 0 Å². The summed E-state index contributed by atoms with van der Waals surface area (Å²) in [5.74, 6) is -0.898. The molecule has 0 aliphatic rings. The molecule has 6 heteroatoms. The van der Waals surface area contributed by atoms with Crippen molar-refractivity contribution in [3.05, 3.63) is 23.5 Å². The van der Waals surface area contributed by atoms with Gasteiger partial charge in [0.25, 0.3) is 0 Å². The highest BCUT2D eigenvalue weighted by atomic mass is 32.2. The number of hydrogen-bond donors (Lipinski definition) is 1. The van der Waals surface area contributed by atoms with Crippen molar-refractivity contribution in [1.82, 2.24) is 4.57 Å². The van der Waals surface area contributed by atoms with Gasteiger partial charge in [-0.25, -0.2) is 13.2 Å². The van der Waals surface area contributed by atoms with Crippen LogP contribution in [0.25, 0.3) is 0 Å². The van der Waals surface area contributed by atoms with Crippen molar-refractivity contribution in [3.8, 4) is 0 Å². The van der Waals surface area contributed by atoms with E-state index in [1.165, 1.54) is 4.57 Å². The third-order valence-corrected chi connectivity index (χ3v) is 4.36. The molecule has 1 N–H and O–H groups in total. The fourth-order valence-corrected chi connectivity index (χ4v) is 3.01. The predicted octanol–water partition coefficient (Wildman–Crippen LogP) is 1.32. The largest absolute Gasteiger partial charge is 0.477 e. The molecule has 1 aromatic rings. The Labute approximate surface area is 101 Å². The van der Waals surface area contributed by atoms with Crippen LogP contribution in [-0.4, -0.2) is 35.6 Å². The van der Waals surface area contributed by atoms with Gasteiger partial charge in [0, 0.05) is 18.5 Å². The Bertz CT molecular complexity index is 502. The molecule has 0 aliphatic carbocycles. The van der Waals surface area contributed by atoms with E-state index in [0.29, 0.717) is 12.0 Å². The van der Waals surface area contributed by atoms with Crippen molar-refractivity contribution < 1.29 is 18.3 Å². The second-order valence-electron chi connectivity index (χ2n) is 4.00. The standard InChI is InChI=1S/C11H17NO4S/c1-3-7-17(15,16)8-6-12-5-4-9(2)10(12)11(13)14/h4-5H,3,6-8H2,1-2H3,(H,13,14). The number of carboxylic acid groups (broad SMARTS) is 1. The number of nitrogens with zero attached hydrogens (tertiary/aromatic N) is 1. The van der Waals surface area contributed by atoms with E-state index < -0.39 is 15.8 Å². The molecule has 0 saturated carbocycles. The van der Waals surface area contributed by atoms with Crippen molar-refractivity contribution >= 4 is 15.8 Å². The van der Waals surface area contributed by atoms with E-state index in [0.717, 1.165) is 0 Å². The zero-order chi connectivity index (χ0) is 13.1. The summed E-state index contributed by atoms with van der Waals surface area (Å²) in [5, 5.41) is 9.00. The monoisotopic (exact) mass is 259 g/mol. The van der Waals surface area contributed by atoms with Crippen LogP contribution in [0.3, 0.4) is 0 Å². The number of aromatic carboxylic acids is 1. The minimum atomic E-state index is -3.08. The number of sulfone groups is 1. The van der Waals surface area contributed by atoms with E-state index in [4.69, 9.17) is 5.11 Å². The first-order chi connectivity index (χ1) is 7.87. The van der Waals surface area contributed by atoms with Crippen LogP contribution in [0.15, 0.2) is 12.3 Å². The van der Waals surface area contributed by atoms with Crippen LogP contribution in [0.5, 0.6) is 0 Å². The average Bonchev–Trinajstić information content (AvgIpc) is 2.57. The molecule has 0 fully saturated rings. The van der Waals surface area contributed by atoms with Gasteiger partial charge in [-0.1, -0.05) is 6.92 Å². The Morgan fingerprint density at radius 2 is 2.06 bits per heavy atom. The van der Waals surface area contributed by atoms with E-state index in [2.05, 4.69) is 0 Å². The summed E-state index contributed by atoms with van der Waals surface area (Å²) < 4.78 is 24.5. The Hall–Kier alpha value is -1.30. The molecule has 0 atom stereocenters. The smallest absolute Gasteiger partial charge is 0.352 e. The lowest BCUT2D eigenvalue weighted by Gasteiger charge is -2.07. The zero-order valence-corrected chi connectivity index (χ0v) is 10.8. The molecule has 0 saturated heterocycles. The Balaban J connectivity index is 2.80. The molecule has 0 aliphatic heterocycles. The Morgan fingerprint density at radius 1 is 1.41 bits per heavy atom. The van der Waals surface area contributed by atoms with Crippen LogP contribution in [-0.2, 0) is 16.4 Å². The second-order valence-corrected chi connectivity index (χ2v) is 6.30. The maximum Gasteiger partial charge on any atom is 0.352 e. The number of aromatic nitrogens is 1. The van der Waals surface area contributed by atoms with Crippen molar-refractivity contribution in [2.45, 2.75) is 26.8 Å². The topological polar surface area (TPSA) is 76.4 Å². The molecular formula is C11H17NO4S. The lowest BCUT2D eigenvalue weighted by molar-refractivity contribution is 0.0684. The van der Waals surface area contributed by atoms with Crippen molar-refractivity contribution in [1.29, 1.82) is 0 Å². The number of carboxylic acids is 1. The van der Waals surface area contributed by atoms with Crippen LogP contribution in [0.2, 0.25) is 0 Å². The number of rotatable bonds is 6. The first kappa shape index (κ1) is 13.8. The third kappa shape index (κ3) is 3.59. The zero-order valence-electron chi connectivity index (χ0n) is 10.0. The predicted molar refractivity (Wildman–Crippen MR) is 65.1 cm³/mol. The van der Waals surface area contributed by atoms with Gasteiger partial charge in [-0.15, -0.1) is 0 Å². The molecule has 96 valence electrons. The number of aryl methyl sites for hydroxylation is 2. The Kier molecular flexibility index (Phi) is 4.34. The third-order valence-electron chi connectivity index (χ3n) is 2.53. The second kappa shape index (κ2) is 5.35. The van der Waals surface area contributed by atoms with Gasteiger partial charge in [-0.2, -0.15) is 0 Å². The summed E-state index contributed by atoms with van der Waals surface area (Å²) in [6.07, 6.45) is 2.19. The quantitative estimate of drug-likeness (QED) is 0.836. The molecule has 5 nitrogen and oxygen atoms in total. The molecule has 0 radical (unpaired) electrons. The molecule has 1 rings (SSSR count). The summed E-state index contributed by atoms with van der Waals surface area (Å²) in [7, 11) is -3.08. The summed E-state index contributed by atoms with van der Waals surface area (Å²) in [6, 6.07) is 1.68. The highest BCUT2D eigenvalue weighted by molar-refractivity contribution is 7.91. The molecular weight excluding hydrogens is 242 g/mol. The highest BCUT2D eigenvalue weighted by Gasteiger charge is 2.15. The molecule has 0 spiro atoms. The van der Waals surface area contributed by atoms with Gasteiger partial charge in [-0.05, 0) is 25.0 Å². The molecule has 1 heterocycles. The van der Waals surface area contributed by atoms with E-state index >= 15 is 0 Å². The minimum absolute atomic E-state index is 0.0186. The van der Waals surface area contributed by atoms with E-state index in [-0.39, 0.29) is 23.7 Å². The van der Waals surface area contributed by atoms with Gasteiger partial charge < -0.3 is 9.67 Å². The fourth-order valence-electron chi connectivity index (χ4n) is 1.71. The first-order valence-corrected chi connectivity index (χ1v) is 7.29. The maximum absolute atomic E-state index is 11.5. The van der Waals surface area contributed by atoms with Crippen LogP contribution in [0.1, 0.15) is 29.4 Å². The molecule has 0 bridgehead atoms. The summed E-state index contributed by atoms with van der Waals surface area (Å²) in [5.41, 5.74) is 0.807. The van der Waals surface area contributed by atoms with Gasteiger partial charge >= 0.3 is 5.97 Å². The van der Waals surface area contributed by atoms with Gasteiger partial charge in [0.05, 0.1) is 5.75 Å². The van der Waals surface area contributed by atoms with Crippen LogP contribution < -0.4 is 0 Å². The number of carbonyl (C=O) groups is 1. The fraction of sp³-hybridized carbons (Fsp3) is 0.545. The summed E-state index contributed by atoms with van der Waals surface area (Å²) in [4.78, 5) is 11.0. The molecule has 0 amide bonds. The van der Waals surface area contributed by atoms with E-state index in [1.54, 1.807) is 26.1 Å². The van der Waals surface area contributed by atoms with Crippen LogP contribution in [0.4, 0.5) is 0 Å². The van der Waals surface area contributed by atoms with Crippen molar-refractivity contribution in [3.63, 3.8) is 0 Å².